The Hall–Kier alpha value is -2.12. The molecule has 1 aromatic carbocycles. The summed E-state index contributed by atoms with van der Waals surface area (Å²) in [6.45, 7) is 3.29. The van der Waals surface area contributed by atoms with Crippen molar-refractivity contribution in [2.24, 2.45) is 5.73 Å². The lowest BCUT2D eigenvalue weighted by molar-refractivity contribution is -0.153. The van der Waals surface area contributed by atoms with E-state index in [9.17, 15) is 4.79 Å². The maximum Gasteiger partial charge on any atom is 0.332 e. The molecule has 1 rings (SSSR count). The van der Waals surface area contributed by atoms with Crippen LogP contribution in [0.15, 0.2) is 43.0 Å². The molecule has 0 fully saturated rings. The molecule has 0 aliphatic heterocycles. The fourth-order valence-electron chi connectivity index (χ4n) is 1.26. The van der Waals surface area contributed by atoms with E-state index in [4.69, 9.17) is 15.7 Å². The lowest BCUT2D eigenvalue weighted by Gasteiger charge is -2.26. The van der Waals surface area contributed by atoms with Crippen LogP contribution < -0.4 is 5.73 Å². The molecule has 0 aromatic heterocycles. The van der Waals surface area contributed by atoms with Crippen molar-refractivity contribution in [2.75, 3.05) is 0 Å². The molecule has 0 amide bonds. The van der Waals surface area contributed by atoms with Crippen molar-refractivity contribution in [1.82, 2.24) is 0 Å². The summed E-state index contributed by atoms with van der Waals surface area (Å²) in [7, 11) is 0. The van der Waals surface area contributed by atoms with Crippen molar-refractivity contribution >= 4 is 5.97 Å². The van der Waals surface area contributed by atoms with Gasteiger partial charge in [-0.3, -0.25) is 5.73 Å². The van der Waals surface area contributed by atoms with Gasteiger partial charge >= 0.3 is 5.97 Å². The minimum atomic E-state index is -1.42. The predicted molar refractivity (Wildman–Crippen MR) is 58.8 cm³/mol. The molecule has 0 aliphatic rings. The molecule has 0 spiro atoms. The van der Waals surface area contributed by atoms with E-state index >= 15 is 0 Å². The van der Waals surface area contributed by atoms with Crippen LogP contribution in [0.25, 0.3) is 0 Å². The van der Waals surface area contributed by atoms with Crippen molar-refractivity contribution < 1.29 is 9.53 Å². The van der Waals surface area contributed by atoms with E-state index in [0.29, 0.717) is 5.56 Å². The second-order valence-corrected chi connectivity index (χ2v) is 3.22. The largest absolute Gasteiger partial charge is 0.435 e. The minimum absolute atomic E-state index is 0.114. The molecule has 16 heavy (non-hydrogen) atoms. The Bertz CT molecular complexity index is 422. The summed E-state index contributed by atoms with van der Waals surface area (Å²) in [6.07, 6.45) is 0.901. The molecule has 2 N–H and O–H groups in total. The number of esters is 1. The highest BCUT2D eigenvalue weighted by molar-refractivity contribution is 5.81. The van der Waals surface area contributed by atoms with Gasteiger partial charge in [-0.15, -0.1) is 0 Å². The Labute approximate surface area is 93.9 Å². The fourth-order valence-corrected chi connectivity index (χ4v) is 1.26. The van der Waals surface area contributed by atoms with Gasteiger partial charge in [0.25, 0.3) is 0 Å². The third kappa shape index (κ3) is 2.69. The molecular weight excluding hydrogens is 204 g/mol. The molecule has 0 aliphatic carbocycles. The quantitative estimate of drug-likeness (QED) is 0.469. The lowest BCUT2D eigenvalue weighted by Crippen LogP contribution is -2.40. The van der Waals surface area contributed by atoms with Crippen LogP contribution in [0.4, 0.5) is 0 Å². The number of hydrogen-bond acceptors (Lipinski definition) is 4. The van der Waals surface area contributed by atoms with Gasteiger partial charge in [0.15, 0.2) is 0 Å². The van der Waals surface area contributed by atoms with Gasteiger partial charge in [0, 0.05) is 11.6 Å². The Morgan fingerprint density at radius 2 is 2.19 bits per heavy atom. The number of rotatable bonds is 4. The first-order valence-corrected chi connectivity index (χ1v) is 4.69. The smallest absolute Gasteiger partial charge is 0.332 e. The Kier molecular flexibility index (Phi) is 3.81. The van der Waals surface area contributed by atoms with Gasteiger partial charge in [-0.05, 0) is 0 Å². The molecule has 0 saturated carbocycles. The zero-order valence-corrected chi connectivity index (χ0v) is 8.72. The van der Waals surface area contributed by atoms with E-state index < -0.39 is 11.7 Å². The number of benzene rings is 1. The Morgan fingerprint density at radius 1 is 1.56 bits per heavy atom. The summed E-state index contributed by atoms with van der Waals surface area (Å²) in [5, 5.41) is 8.70. The summed E-state index contributed by atoms with van der Waals surface area (Å²) in [5.41, 5.74) is 5.05. The third-order valence-electron chi connectivity index (χ3n) is 2.05. The number of carbonyl (C=O) groups excluding carboxylic acids is 1. The predicted octanol–water partition coefficient (Wildman–Crippen LogP) is 1.44. The van der Waals surface area contributed by atoms with E-state index in [1.54, 1.807) is 24.3 Å². The summed E-state index contributed by atoms with van der Waals surface area (Å²) in [6, 6.07) is 10.6. The van der Waals surface area contributed by atoms with Gasteiger partial charge in [0.1, 0.15) is 0 Å². The molecule has 1 aromatic rings. The molecule has 0 bridgehead atoms. The van der Waals surface area contributed by atoms with Crippen LogP contribution in [-0.2, 0) is 15.3 Å². The van der Waals surface area contributed by atoms with Gasteiger partial charge in [-0.2, -0.15) is 5.26 Å². The van der Waals surface area contributed by atoms with Crippen molar-refractivity contribution in [1.29, 1.82) is 5.26 Å². The summed E-state index contributed by atoms with van der Waals surface area (Å²) < 4.78 is 5.01. The molecule has 0 saturated heterocycles. The summed E-state index contributed by atoms with van der Waals surface area (Å²) in [5.74, 6) is -0.651. The molecule has 4 heteroatoms. The highest BCUT2D eigenvalue weighted by Crippen LogP contribution is 2.23. The van der Waals surface area contributed by atoms with Crippen LogP contribution in [-0.4, -0.2) is 5.97 Å². The van der Waals surface area contributed by atoms with Crippen molar-refractivity contribution in [3.05, 3.63) is 48.6 Å². The van der Waals surface area contributed by atoms with Gasteiger partial charge in [0.05, 0.1) is 12.5 Å². The van der Waals surface area contributed by atoms with Crippen LogP contribution in [0.5, 0.6) is 0 Å². The second kappa shape index (κ2) is 5.10. The minimum Gasteiger partial charge on any atom is -0.435 e. The van der Waals surface area contributed by atoms with E-state index in [-0.39, 0.29) is 6.42 Å². The van der Waals surface area contributed by atoms with Gasteiger partial charge < -0.3 is 4.74 Å². The highest BCUT2D eigenvalue weighted by Gasteiger charge is 2.30. The van der Waals surface area contributed by atoms with E-state index in [0.717, 1.165) is 6.08 Å². The molecule has 0 radical (unpaired) electrons. The maximum absolute atomic E-state index is 11.1. The number of ether oxygens (including phenoxy) is 1. The van der Waals surface area contributed by atoms with Crippen LogP contribution in [0.2, 0.25) is 0 Å². The SMILES string of the molecule is C=CC(=O)OC(N)(CC#N)c1ccccc1. The monoisotopic (exact) mass is 216 g/mol. The molecule has 4 nitrogen and oxygen atoms in total. The molecule has 82 valence electrons. The molecular formula is C12H12N2O2. The van der Waals surface area contributed by atoms with E-state index in [1.807, 2.05) is 12.1 Å². The van der Waals surface area contributed by atoms with Crippen molar-refractivity contribution in [3.8, 4) is 6.07 Å². The first-order valence-electron chi connectivity index (χ1n) is 4.69. The normalized spacial score (nSPS) is 13.2. The molecule has 1 unspecified atom stereocenters. The first kappa shape index (κ1) is 12.0. The fraction of sp³-hybridized carbons (Fsp3) is 0.167. The van der Waals surface area contributed by atoms with Gasteiger partial charge in [-0.1, -0.05) is 36.9 Å². The van der Waals surface area contributed by atoms with E-state index in [1.165, 1.54) is 0 Å². The van der Waals surface area contributed by atoms with Crippen LogP contribution >= 0.6 is 0 Å². The van der Waals surface area contributed by atoms with E-state index in [2.05, 4.69) is 6.58 Å². The van der Waals surface area contributed by atoms with Crippen LogP contribution in [0, 0.1) is 11.3 Å². The number of nitrogens with zero attached hydrogens (tertiary/aromatic N) is 1. The lowest BCUT2D eigenvalue weighted by atomic mass is 10.0. The maximum atomic E-state index is 11.1. The Morgan fingerprint density at radius 3 is 2.69 bits per heavy atom. The standard InChI is InChI=1S/C12H12N2O2/c1-2-11(15)16-12(14,8-9-13)10-6-4-3-5-7-10/h2-7H,1,8,14H2. The van der Waals surface area contributed by atoms with Crippen LogP contribution in [0.3, 0.4) is 0 Å². The zero-order chi connectivity index (χ0) is 12.0. The average molecular weight is 216 g/mol. The number of carbonyl (C=O) groups is 1. The van der Waals surface area contributed by atoms with Gasteiger partial charge in [0.2, 0.25) is 5.72 Å². The van der Waals surface area contributed by atoms with Crippen LogP contribution in [0.1, 0.15) is 12.0 Å². The number of hydrogen-bond donors (Lipinski definition) is 1. The topological polar surface area (TPSA) is 76.1 Å². The average Bonchev–Trinajstić information content (AvgIpc) is 2.30. The highest BCUT2D eigenvalue weighted by atomic mass is 16.6. The molecule has 0 heterocycles. The summed E-state index contributed by atoms with van der Waals surface area (Å²) >= 11 is 0. The third-order valence-corrected chi connectivity index (χ3v) is 2.05. The Balaban J connectivity index is 3.02. The number of nitriles is 1. The second-order valence-electron chi connectivity index (χ2n) is 3.22. The van der Waals surface area contributed by atoms with Crippen molar-refractivity contribution in [2.45, 2.75) is 12.1 Å². The summed E-state index contributed by atoms with van der Waals surface area (Å²) in [4.78, 5) is 11.1. The first-order chi connectivity index (χ1) is 7.62. The molecule has 1 atom stereocenters. The zero-order valence-electron chi connectivity index (χ0n) is 8.72. The van der Waals surface area contributed by atoms with Gasteiger partial charge in [-0.25, -0.2) is 4.79 Å². The number of nitrogens with two attached hydrogens (primary N) is 1. The van der Waals surface area contributed by atoms with Crippen molar-refractivity contribution in [3.63, 3.8) is 0 Å².